The number of amides is 2. The molecule has 2 amide bonds. The van der Waals surface area contributed by atoms with Gasteiger partial charge in [-0.1, -0.05) is 12.1 Å². The average Bonchev–Trinajstić information content (AvgIpc) is 2.64. The molecule has 0 heterocycles. The predicted octanol–water partition coefficient (Wildman–Crippen LogP) is 2.41. The second-order valence-corrected chi connectivity index (χ2v) is 5.59. The first kappa shape index (κ1) is 19.0. The van der Waals surface area contributed by atoms with E-state index in [-0.39, 0.29) is 0 Å². The fourth-order valence-electron chi connectivity index (χ4n) is 2.20. The second-order valence-electron chi connectivity index (χ2n) is 5.59. The summed E-state index contributed by atoms with van der Waals surface area (Å²) in [5.41, 5.74) is 5.32. The molecule has 0 bridgehead atoms. The lowest BCUT2D eigenvalue weighted by Gasteiger charge is -2.08. The number of benzene rings is 2. The van der Waals surface area contributed by atoms with Gasteiger partial charge >= 0.3 is 11.8 Å². The van der Waals surface area contributed by atoms with Crippen molar-refractivity contribution >= 4 is 23.7 Å². The SMILES string of the molecule is COc1ccc(C=NNC(=O)C(=O)Nc2cc(C)ccc2C)cc1OC. The summed E-state index contributed by atoms with van der Waals surface area (Å²) in [4.78, 5) is 23.8. The van der Waals surface area contributed by atoms with Gasteiger partial charge in [0, 0.05) is 5.69 Å². The number of carbonyl (C=O) groups excluding carboxylic acids is 2. The molecule has 0 spiro atoms. The molecule has 0 radical (unpaired) electrons. The van der Waals surface area contributed by atoms with Crippen LogP contribution in [-0.2, 0) is 9.59 Å². The molecule has 0 aliphatic heterocycles. The third-order valence-corrected chi connectivity index (χ3v) is 3.63. The van der Waals surface area contributed by atoms with Crippen molar-refractivity contribution in [3.05, 3.63) is 53.1 Å². The molecule has 7 nitrogen and oxygen atoms in total. The van der Waals surface area contributed by atoms with E-state index in [0.29, 0.717) is 22.7 Å². The van der Waals surface area contributed by atoms with Crippen LogP contribution in [0.15, 0.2) is 41.5 Å². The molecule has 0 saturated heterocycles. The Labute approximate surface area is 152 Å². The van der Waals surface area contributed by atoms with Crippen LogP contribution in [0.3, 0.4) is 0 Å². The van der Waals surface area contributed by atoms with E-state index in [1.54, 1.807) is 31.4 Å². The molecule has 0 unspecified atom stereocenters. The summed E-state index contributed by atoms with van der Waals surface area (Å²) in [6, 6.07) is 10.8. The van der Waals surface area contributed by atoms with Crippen LogP contribution < -0.4 is 20.2 Å². The number of hydrogen-bond donors (Lipinski definition) is 2. The summed E-state index contributed by atoms with van der Waals surface area (Å²) in [7, 11) is 3.07. The molecule has 0 aromatic heterocycles. The number of rotatable bonds is 5. The highest BCUT2D eigenvalue weighted by atomic mass is 16.5. The lowest BCUT2D eigenvalue weighted by molar-refractivity contribution is -0.136. The normalized spacial score (nSPS) is 10.5. The van der Waals surface area contributed by atoms with Crippen molar-refractivity contribution in [1.29, 1.82) is 0 Å². The van der Waals surface area contributed by atoms with E-state index in [1.165, 1.54) is 13.3 Å². The van der Waals surface area contributed by atoms with Crippen LogP contribution in [0.1, 0.15) is 16.7 Å². The van der Waals surface area contributed by atoms with Gasteiger partial charge in [-0.05, 0) is 54.8 Å². The molecule has 2 rings (SSSR count). The predicted molar refractivity (Wildman–Crippen MR) is 99.8 cm³/mol. The Morgan fingerprint density at radius 3 is 2.38 bits per heavy atom. The maximum atomic E-state index is 12.0. The van der Waals surface area contributed by atoms with Crippen LogP contribution in [0, 0.1) is 13.8 Å². The van der Waals surface area contributed by atoms with Crippen molar-refractivity contribution in [2.45, 2.75) is 13.8 Å². The van der Waals surface area contributed by atoms with Gasteiger partial charge in [-0.3, -0.25) is 9.59 Å². The lowest BCUT2D eigenvalue weighted by Crippen LogP contribution is -2.32. The zero-order chi connectivity index (χ0) is 19.1. The number of hydrogen-bond acceptors (Lipinski definition) is 5. The number of nitrogens with zero attached hydrogens (tertiary/aromatic N) is 1. The van der Waals surface area contributed by atoms with Gasteiger partial charge in [-0.2, -0.15) is 5.10 Å². The van der Waals surface area contributed by atoms with Gasteiger partial charge in [0.05, 0.1) is 20.4 Å². The van der Waals surface area contributed by atoms with Gasteiger partial charge in [0.25, 0.3) is 0 Å². The third-order valence-electron chi connectivity index (χ3n) is 3.63. The van der Waals surface area contributed by atoms with Crippen molar-refractivity contribution in [3.63, 3.8) is 0 Å². The van der Waals surface area contributed by atoms with E-state index in [2.05, 4.69) is 15.8 Å². The van der Waals surface area contributed by atoms with Crippen molar-refractivity contribution in [2.75, 3.05) is 19.5 Å². The van der Waals surface area contributed by atoms with Gasteiger partial charge in [-0.15, -0.1) is 0 Å². The molecular weight excluding hydrogens is 334 g/mol. The maximum absolute atomic E-state index is 12.0. The molecule has 2 aromatic rings. The number of ether oxygens (including phenoxy) is 2. The summed E-state index contributed by atoms with van der Waals surface area (Å²) in [5.74, 6) is -0.525. The number of anilines is 1. The van der Waals surface area contributed by atoms with Crippen LogP contribution in [0.2, 0.25) is 0 Å². The van der Waals surface area contributed by atoms with Gasteiger partial charge < -0.3 is 14.8 Å². The number of methoxy groups -OCH3 is 2. The van der Waals surface area contributed by atoms with E-state index in [4.69, 9.17) is 9.47 Å². The first-order valence-electron chi connectivity index (χ1n) is 7.88. The zero-order valence-electron chi connectivity index (χ0n) is 15.1. The molecule has 0 saturated carbocycles. The number of nitrogens with one attached hydrogen (secondary N) is 2. The second kappa shape index (κ2) is 8.66. The summed E-state index contributed by atoms with van der Waals surface area (Å²) in [6.45, 7) is 3.75. The van der Waals surface area contributed by atoms with Crippen LogP contribution in [-0.4, -0.2) is 32.2 Å². The Morgan fingerprint density at radius 2 is 1.69 bits per heavy atom. The zero-order valence-corrected chi connectivity index (χ0v) is 15.1. The van der Waals surface area contributed by atoms with Crippen LogP contribution in [0.25, 0.3) is 0 Å². The molecule has 7 heteroatoms. The maximum Gasteiger partial charge on any atom is 0.329 e. The fourth-order valence-corrected chi connectivity index (χ4v) is 2.20. The minimum atomic E-state index is -0.859. The molecule has 0 aliphatic rings. The summed E-state index contributed by atoms with van der Waals surface area (Å²) in [6.07, 6.45) is 1.41. The van der Waals surface area contributed by atoms with Crippen molar-refractivity contribution in [1.82, 2.24) is 5.43 Å². The Morgan fingerprint density at radius 1 is 0.962 bits per heavy atom. The Hall–Kier alpha value is -3.35. The lowest BCUT2D eigenvalue weighted by atomic mass is 10.1. The molecule has 2 N–H and O–H groups in total. The third kappa shape index (κ3) is 4.83. The number of carbonyl (C=O) groups is 2. The van der Waals surface area contributed by atoms with E-state index >= 15 is 0 Å². The van der Waals surface area contributed by atoms with Crippen LogP contribution >= 0.6 is 0 Å². The Bertz CT molecular complexity index is 847. The van der Waals surface area contributed by atoms with Gasteiger partial charge in [0.15, 0.2) is 11.5 Å². The molecule has 0 fully saturated rings. The van der Waals surface area contributed by atoms with Crippen molar-refractivity contribution in [3.8, 4) is 11.5 Å². The average molecular weight is 355 g/mol. The van der Waals surface area contributed by atoms with Crippen molar-refractivity contribution < 1.29 is 19.1 Å². The van der Waals surface area contributed by atoms with Gasteiger partial charge in [0.2, 0.25) is 0 Å². The molecule has 0 aliphatic carbocycles. The highest BCUT2D eigenvalue weighted by molar-refractivity contribution is 6.39. The smallest absolute Gasteiger partial charge is 0.329 e. The molecule has 2 aromatic carbocycles. The van der Waals surface area contributed by atoms with Crippen molar-refractivity contribution in [2.24, 2.45) is 5.10 Å². The van der Waals surface area contributed by atoms with E-state index in [9.17, 15) is 9.59 Å². The first-order chi connectivity index (χ1) is 12.4. The quantitative estimate of drug-likeness (QED) is 0.490. The van der Waals surface area contributed by atoms with E-state index < -0.39 is 11.8 Å². The van der Waals surface area contributed by atoms with Gasteiger partial charge in [0.1, 0.15) is 0 Å². The summed E-state index contributed by atoms with van der Waals surface area (Å²) in [5, 5.41) is 6.36. The molecule has 136 valence electrons. The molecule has 26 heavy (non-hydrogen) atoms. The van der Waals surface area contributed by atoms with Crippen LogP contribution in [0.5, 0.6) is 11.5 Å². The Balaban J connectivity index is 1.98. The topological polar surface area (TPSA) is 89.0 Å². The van der Waals surface area contributed by atoms with Crippen LogP contribution in [0.4, 0.5) is 5.69 Å². The monoisotopic (exact) mass is 355 g/mol. The number of aryl methyl sites for hydroxylation is 2. The summed E-state index contributed by atoms with van der Waals surface area (Å²) < 4.78 is 10.3. The highest BCUT2D eigenvalue weighted by Crippen LogP contribution is 2.26. The molecular formula is C19H21N3O4. The largest absolute Gasteiger partial charge is 0.493 e. The van der Waals surface area contributed by atoms with E-state index in [1.807, 2.05) is 26.0 Å². The highest BCUT2D eigenvalue weighted by Gasteiger charge is 2.14. The summed E-state index contributed by atoms with van der Waals surface area (Å²) >= 11 is 0. The minimum Gasteiger partial charge on any atom is -0.493 e. The van der Waals surface area contributed by atoms with E-state index in [0.717, 1.165) is 11.1 Å². The number of hydrazone groups is 1. The Kier molecular flexibility index (Phi) is 6.32. The minimum absolute atomic E-state index is 0.537. The fraction of sp³-hybridized carbons (Fsp3) is 0.211. The standard InChI is InChI=1S/C19H21N3O4/c1-12-5-6-13(2)15(9-12)21-18(23)19(24)22-20-11-14-7-8-16(25-3)17(10-14)26-4/h5-11H,1-4H3,(H,21,23)(H,22,24). The molecule has 0 atom stereocenters. The van der Waals surface area contributed by atoms with Gasteiger partial charge in [-0.25, -0.2) is 5.43 Å². The first-order valence-corrected chi connectivity index (χ1v) is 7.88.